The van der Waals surface area contributed by atoms with E-state index in [2.05, 4.69) is 23.8 Å². The Morgan fingerprint density at radius 1 is 1.14 bits per heavy atom. The zero-order valence-electron chi connectivity index (χ0n) is 16.4. The first-order valence-corrected chi connectivity index (χ1v) is 9.65. The van der Waals surface area contributed by atoms with E-state index in [1.165, 1.54) is 24.4 Å². The number of nitrogens with zero attached hydrogens (tertiary/aromatic N) is 2. The predicted molar refractivity (Wildman–Crippen MR) is 102 cm³/mol. The molecular weight excluding hydrogens is 386 g/mol. The maximum absolute atomic E-state index is 13.6. The van der Waals surface area contributed by atoms with Crippen LogP contribution in [0, 0.1) is 11.8 Å². The molecule has 0 saturated heterocycles. The van der Waals surface area contributed by atoms with Crippen molar-refractivity contribution >= 4 is 0 Å². The highest BCUT2D eigenvalue weighted by atomic mass is 19.3. The van der Waals surface area contributed by atoms with Gasteiger partial charge in [0.25, 0.3) is 12.9 Å². The maximum atomic E-state index is 13.6. The van der Waals surface area contributed by atoms with E-state index < -0.39 is 29.8 Å². The minimum atomic E-state index is -2.88. The van der Waals surface area contributed by atoms with Crippen molar-refractivity contribution in [3.63, 3.8) is 0 Å². The number of ether oxygens (including phenoxy) is 1. The number of alkyl halides is 4. The summed E-state index contributed by atoms with van der Waals surface area (Å²) in [5.41, 5.74) is 5.44. The Bertz CT molecular complexity index is 842. The molecule has 1 atom stereocenters. The van der Waals surface area contributed by atoms with Gasteiger partial charge in [-0.05, 0) is 55.4 Å². The fraction of sp³-hybridized carbons (Fsp3) is 0.524. The van der Waals surface area contributed by atoms with Gasteiger partial charge in [0, 0.05) is 11.8 Å². The van der Waals surface area contributed by atoms with Crippen molar-refractivity contribution in [3.05, 3.63) is 41.9 Å². The number of halogens is 4. The minimum absolute atomic E-state index is 0.0360. The molecule has 0 radical (unpaired) electrons. The van der Waals surface area contributed by atoms with Crippen molar-refractivity contribution in [1.82, 2.24) is 9.97 Å². The summed E-state index contributed by atoms with van der Waals surface area (Å²) in [6, 6.07) is 5.46. The van der Waals surface area contributed by atoms with E-state index in [-0.39, 0.29) is 23.6 Å². The van der Waals surface area contributed by atoms with Crippen LogP contribution in [0.5, 0.6) is 5.75 Å². The first kappa shape index (κ1) is 21.5. The van der Waals surface area contributed by atoms with Gasteiger partial charge in [-0.1, -0.05) is 13.8 Å². The lowest BCUT2D eigenvalue weighted by Gasteiger charge is -2.31. The van der Waals surface area contributed by atoms with Gasteiger partial charge in [0.1, 0.15) is 23.7 Å². The van der Waals surface area contributed by atoms with Crippen molar-refractivity contribution in [3.8, 4) is 17.0 Å². The number of rotatable bonds is 9. The van der Waals surface area contributed by atoms with Gasteiger partial charge in [0.2, 0.25) is 0 Å². The predicted octanol–water partition coefficient (Wildman–Crippen LogP) is 5.55. The summed E-state index contributed by atoms with van der Waals surface area (Å²) < 4.78 is 58.7. The fourth-order valence-corrected chi connectivity index (χ4v) is 3.60. The van der Waals surface area contributed by atoms with Gasteiger partial charge < -0.3 is 10.5 Å². The van der Waals surface area contributed by atoms with Gasteiger partial charge in [-0.25, -0.2) is 22.5 Å². The lowest BCUT2D eigenvalue weighted by Crippen LogP contribution is -2.49. The second-order valence-electron chi connectivity index (χ2n) is 8.04. The summed E-state index contributed by atoms with van der Waals surface area (Å²) >= 11 is 0. The third-order valence-corrected chi connectivity index (χ3v) is 5.07. The van der Waals surface area contributed by atoms with Crippen molar-refractivity contribution in [2.45, 2.75) is 51.5 Å². The molecule has 29 heavy (non-hydrogen) atoms. The van der Waals surface area contributed by atoms with Gasteiger partial charge in [-0.2, -0.15) is 0 Å². The molecular formula is C21H25F4N3O. The fourth-order valence-electron chi connectivity index (χ4n) is 3.60. The highest BCUT2D eigenvalue weighted by Crippen LogP contribution is 2.42. The molecule has 0 aromatic carbocycles. The molecule has 1 aliphatic carbocycles. The number of pyridine rings is 2. The highest BCUT2D eigenvalue weighted by Gasteiger charge is 2.43. The van der Waals surface area contributed by atoms with E-state index in [4.69, 9.17) is 10.5 Å². The zero-order chi connectivity index (χ0) is 21.2. The third kappa shape index (κ3) is 5.23. The summed E-state index contributed by atoms with van der Waals surface area (Å²) in [6.07, 6.45) is -1.66. The molecule has 0 aliphatic heterocycles. The molecule has 3 rings (SSSR count). The summed E-state index contributed by atoms with van der Waals surface area (Å²) in [7, 11) is 0. The normalized spacial score (nSPS) is 16.5. The Morgan fingerprint density at radius 3 is 2.45 bits per heavy atom. The van der Waals surface area contributed by atoms with Gasteiger partial charge in [0.15, 0.2) is 0 Å². The van der Waals surface area contributed by atoms with Crippen LogP contribution in [-0.4, -0.2) is 22.1 Å². The molecule has 1 fully saturated rings. The highest BCUT2D eigenvalue weighted by molar-refractivity contribution is 5.60. The average Bonchev–Trinajstić information content (AvgIpc) is 3.51. The Hall–Kier alpha value is -2.22. The van der Waals surface area contributed by atoms with Crippen LogP contribution in [0.4, 0.5) is 17.6 Å². The van der Waals surface area contributed by atoms with Gasteiger partial charge in [0.05, 0.1) is 11.2 Å². The monoisotopic (exact) mass is 411 g/mol. The lowest BCUT2D eigenvalue weighted by atomic mass is 9.86. The summed E-state index contributed by atoms with van der Waals surface area (Å²) in [6.45, 7) is 4.25. The topological polar surface area (TPSA) is 61.0 Å². The number of aromatic nitrogens is 2. The van der Waals surface area contributed by atoms with Crippen LogP contribution in [0.15, 0.2) is 30.5 Å². The molecule has 0 bridgehead atoms. The molecule has 1 aliphatic rings. The number of hydrogen-bond donors (Lipinski definition) is 1. The van der Waals surface area contributed by atoms with Crippen LogP contribution in [-0.2, 0) is 0 Å². The standard InChI is InChI=1S/C21H25F4N3O/c1-12(2)10-21(26,14-3-4-14)11-29-17-6-5-15(28-18(17)20(24)25)13-7-8-27-16(9-13)19(22)23/h5-9,12,14,19-20H,3-4,10-11,26H2,1-2H3/t21-/m0/s1. The van der Waals surface area contributed by atoms with E-state index >= 15 is 0 Å². The van der Waals surface area contributed by atoms with Gasteiger partial charge in [-0.15, -0.1) is 0 Å². The van der Waals surface area contributed by atoms with Crippen LogP contribution in [0.3, 0.4) is 0 Å². The first-order valence-electron chi connectivity index (χ1n) is 9.65. The lowest BCUT2D eigenvalue weighted by molar-refractivity contribution is 0.129. The number of hydrogen-bond acceptors (Lipinski definition) is 4. The Morgan fingerprint density at radius 2 is 1.86 bits per heavy atom. The molecule has 0 spiro atoms. The first-order chi connectivity index (χ1) is 13.7. The Kier molecular flexibility index (Phi) is 6.41. The second kappa shape index (κ2) is 8.65. The van der Waals surface area contributed by atoms with Crippen LogP contribution < -0.4 is 10.5 Å². The van der Waals surface area contributed by atoms with E-state index in [1.807, 2.05) is 0 Å². The quantitative estimate of drug-likeness (QED) is 0.550. The average molecular weight is 411 g/mol. The van der Waals surface area contributed by atoms with Crippen LogP contribution in [0.2, 0.25) is 0 Å². The van der Waals surface area contributed by atoms with Crippen molar-refractivity contribution in [2.24, 2.45) is 17.6 Å². The largest absolute Gasteiger partial charge is 0.490 e. The summed E-state index contributed by atoms with van der Waals surface area (Å²) in [5.74, 6) is 0.651. The van der Waals surface area contributed by atoms with Crippen molar-refractivity contribution in [1.29, 1.82) is 0 Å². The molecule has 0 unspecified atom stereocenters. The van der Waals surface area contributed by atoms with E-state index in [9.17, 15) is 17.6 Å². The van der Waals surface area contributed by atoms with Gasteiger partial charge in [-0.3, -0.25) is 4.98 Å². The number of nitrogens with two attached hydrogens (primary N) is 1. The van der Waals surface area contributed by atoms with Gasteiger partial charge >= 0.3 is 0 Å². The van der Waals surface area contributed by atoms with Crippen LogP contribution in [0.25, 0.3) is 11.3 Å². The Balaban J connectivity index is 1.84. The van der Waals surface area contributed by atoms with E-state index in [0.29, 0.717) is 11.8 Å². The summed E-state index contributed by atoms with van der Waals surface area (Å²) in [5, 5.41) is 0. The van der Waals surface area contributed by atoms with Crippen molar-refractivity contribution < 1.29 is 22.3 Å². The molecule has 8 heteroatoms. The minimum Gasteiger partial charge on any atom is -0.490 e. The zero-order valence-corrected chi connectivity index (χ0v) is 16.4. The smallest absolute Gasteiger partial charge is 0.284 e. The summed E-state index contributed by atoms with van der Waals surface area (Å²) in [4.78, 5) is 7.55. The molecule has 2 heterocycles. The van der Waals surface area contributed by atoms with Crippen LogP contribution in [0.1, 0.15) is 57.3 Å². The molecule has 4 nitrogen and oxygen atoms in total. The SMILES string of the molecule is CC(C)C[C@](N)(COc1ccc(-c2ccnc(C(F)F)c2)nc1C(F)F)C1CC1. The van der Waals surface area contributed by atoms with Crippen LogP contribution >= 0.6 is 0 Å². The molecule has 158 valence electrons. The maximum Gasteiger partial charge on any atom is 0.284 e. The molecule has 2 aromatic rings. The van der Waals surface area contributed by atoms with E-state index in [0.717, 1.165) is 25.3 Å². The molecule has 1 saturated carbocycles. The van der Waals surface area contributed by atoms with Crippen molar-refractivity contribution in [2.75, 3.05) is 6.61 Å². The van der Waals surface area contributed by atoms with E-state index in [1.54, 1.807) is 0 Å². The molecule has 2 aromatic heterocycles. The Labute approximate surface area is 167 Å². The molecule has 2 N–H and O–H groups in total. The molecule has 0 amide bonds. The second-order valence-corrected chi connectivity index (χ2v) is 8.04. The third-order valence-electron chi connectivity index (χ3n) is 5.07.